The molecule has 2 unspecified atom stereocenters. The molecule has 0 bridgehead atoms. The fraction of sp³-hybridized carbons (Fsp3) is 0.562. The maximum absolute atomic E-state index is 6.37. The molecule has 0 aliphatic heterocycles. The number of alkyl halides is 1. The highest BCUT2D eigenvalue weighted by Crippen LogP contribution is 2.29. The van der Waals surface area contributed by atoms with Gasteiger partial charge in [-0.1, -0.05) is 24.6 Å². The lowest BCUT2D eigenvalue weighted by Gasteiger charge is -2.24. The highest BCUT2D eigenvalue weighted by Gasteiger charge is 2.17. The van der Waals surface area contributed by atoms with Crippen LogP contribution in [-0.2, 0) is 6.54 Å². The highest BCUT2D eigenvalue weighted by molar-refractivity contribution is 6.35. The third kappa shape index (κ3) is 3.53. The van der Waals surface area contributed by atoms with Gasteiger partial charge in [0.1, 0.15) is 5.82 Å². The van der Waals surface area contributed by atoms with Crippen molar-refractivity contribution in [3.8, 4) is 0 Å². The predicted molar refractivity (Wildman–Crippen MR) is 91.4 cm³/mol. The first kappa shape index (κ1) is 16.6. The number of nitrogens with zero attached hydrogens (tertiary/aromatic N) is 3. The highest BCUT2D eigenvalue weighted by atomic mass is 35.5. The van der Waals surface area contributed by atoms with Crippen molar-refractivity contribution in [2.75, 3.05) is 13.6 Å². The molecule has 2 atom stereocenters. The quantitative estimate of drug-likeness (QED) is 0.716. The van der Waals surface area contributed by atoms with Crippen molar-refractivity contribution in [2.24, 2.45) is 0 Å². The Kier molecular flexibility index (Phi) is 5.53. The van der Waals surface area contributed by atoms with Crippen LogP contribution in [0.15, 0.2) is 18.2 Å². The van der Waals surface area contributed by atoms with Crippen molar-refractivity contribution in [2.45, 2.75) is 45.2 Å². The van der Waals surface area contributed by atoms with Gasteiger partial charge in [0.2, 0.25) is 0 Å². The lowest BCUT2D eigenvalue weighted by Crippen LogP contribution is -2.31. The first-order valence-corrected chi connectivity index (χ1v) is 8.26. The molecule has 0 aliphatic rings. The number of hydrogen-bond acceptors (Lipinski definition) is 2. The molecular weight excluding hydrogens is 305 g/mol. The van der Waals surface area contributed by atoms with E-state index in [1.807, 2.05) is 25.1 Å². The number of para-hydroxylation sites is 1. The maximum atomic E-state index is 6.37. The number of fused-ring (bicyclic) bond motifs is 1. The summed E-state index contributed by atoms with van der Waals surface area (Å²) in [5.41, 5.74) is 1.90. The largest absolute Gasteiger partial charge is 0.324 e. The van der Waals surface area contributed by atoms with E-state index in [2.05, 4.69) is 35.3 Å². The standard InChI is InChI=1S/C16H23Cl2N3/c1-5-11(2)20(4)9-10-21-15-13(18)7-6-8-14(15)19-16(21)12(3)17/h6-8,11-12H,5,9-10H2,1-4H3. The molecule has 0 spiro atoms. The first-order chi connectivity index (χ1) is 9.95. The minimum atomic E-state index is -0.137. The number of aromatic nitrogens is 2. The van der Waals surface area contributed by atoms with Gasteiger partial charge in [-0.3, -0.25) is 0 Å². The van der Waals surface area contributed by atoms with Gasteiger partial charge in [0.15, 0.2) is 0 Å². The van der Waals surface area contributed by atoms with Crippen molar-refractivity contribution in [1.82, 2.24) is 14.5 Å². The summed E-state index contributed by atoms with van der Waals surface area (Å²) < 4.78 is 2.16. The van der Waals surface area contributed by atoms with E-state index < -0.39 is 0 Å². The summed E-state index contributed by atoms with van der Waals surface area (Å²) in [5.74, 6) is 0.886. The van der Waals surface area contributed by atoms with E-state index >= 15 is 0 Å². The number of hydrogen-bond donors (Lipinski definition) is 0. The second-order valence-electron chi connectivity index (χ2n) is 5.58. The van der Waals surface area contributed by atoms with Gasteiger partial charge in [0.25, 0.3) is 0 Å². The molecule has 1 aromatic carbocycles. The normalized spacial score (nSPS) is 14.8. The lowest BCUT2D eigenvalue weighted by atomic mass is 10.2. The van der Waals surface area contributed by atoms with Gasteiger partial charge < -0.3 is 9.47 Å². The van der Waals surface area contributed by atoms with E-state index in [0.717, 1.165) is 41.4 Å². The van der Waals surface area contributed by atoms with Crippen LogP contribution in [0.1, 0.15) is 38.4 Å². The zero-order chi connectivity index (χ0) is 15.6. The molecule has 0 amide bonds. The molecule has 0 fully saturated rings. The van der Waals surface area contributed by atoms with Gasteiger partial charge in [0, 0.05) is 19.1 Å². The van der Waals surface area contributed by atoms with Gasteiger partial charge in [-0.15, -0.1) is 11.6 Å². The maximum Gasteiger partial charge on any atom is 0.127 e. The van der Waals surface area contributed by atoms with Crippen molar-refractivity contribution >= 4 is 34.2 Å². The minimum absolute atomic E-state index is 0.137. The van der Waals surface area contributed by atoms with Gasteiger partial charge in [-0.2, -0.15) is 0 Å². The average Bonchev–Trinajstić information content (AvgIpc) is 2.84. The number of halogens is 2. The predicted octanol–water partition coefficient (Wildman–Crippen LogP) is 4.72. The average molecular weight is 328 g/mol. The Morgan fingerprint density at radius 2 is 2.05 bits per heavy atom. The van der Waals surface area contributed by atoms with Crippen molar-refractivity contribution in [3.05, 3.63) is 29.0 Å². The minimum Gasteiger partial charge on any atom is -0.324 e. The molecule has 0 N–H and O–H groups in total. The summed E-state index contributed by atoms with van der Waals surface area (Å²) in [6, 6.07) is 6.38. The van der Waals surface area contributed by atoms with Gasteiger partial charge in [-0.25, -0.2) is 4.98 Å². The topological polar surface area (TPSA) is 21.1 Å². The number of benzene rings is 1. The molecule has 3 nitrogen and oxygen atoms in total. The van der Waals surface area contributed by atoms with Crippen LogP contribution in [0.3, 0.4) is 0 Å². The van der Waals surface area contributed by atoms with E-state index in [9.17, 15) is 0 Å². The van der Waals surface area contributed by atoms with Gasteiger partial charge >= 0.3 is 0 Å². The number of rotatable bonds is 6. The van der Waals surface area contributed by atoms with Crippen molar-refractivity contribution in [3.63, 3.8) is 0 Å². The van der Waals surface area contributed by atoms with Crippen LogP contribution in [0.5, 0.6) is 0 Å². The summed E-state index contributed by atoms with van der Waals surface area (Å²) in [7, 11) is 2.15. The summed E-state index contributed by atoms with van der Waals surface area (Å²) in [6.07, 6.45) is 1.14. The molecule has 0 saturated carbocycles. The molecule has 0 aliphatic carbocycles. The Morgan fingerprint density at radius 1 is 1.33 bits per heavy atom. The molecule has 0 radical (unpaired) electrons. The number of likely N-dealkylation sites (N-methyl/N-ethyl adjacent to an activating group) is 1. The fourth-order valence-electron chi connectivity index (χ4n) is 2.48. The smallest absolute Gasteiger partial charge is 0.127 e. The molecular formula is C16H23Cl2N3. The van der Waals surface area contributed by atoms with Crippen LogP contribution in [-0.4, -0.2) is 34.1 Å². The van der Waals surface area contributed by atoms with Crippen molar-refractivity contribution in [1.29, 1.82) is 0 Å². The lowest BCUT2D eigenvalue weighted by molar-refractivity contribution is 0.242. The van der Waals surface area contributed by atoms with Gasteiger partial charge in [0.05, 0.1) is 21.4 Å². The van der Waals surface area contributed by atoms with Crippen molar-refractivity contribution < 1.29 is 0 Å². The van der Waals surface area contributed by atoms with Crippen LogP contribution in [0.4, 0.5) is 0 Å². The van der Waals surface area contributed by atoms with E-state index in [1.165, 1.54) is 0 Å². The molecule has 2 aromatic rings. The van der Waals surface area contributed by atoms with Crippen LogP contribution >= 0.6 is 23.2 Å². The van der Waals surface area contributed by atoms with E-state index in [4.69, 9.17) is 23.2 Å². The second-order valence-corrected chi connectivity index (χ2v) is 6.64. The van der Waals surface area contributed by atoms with E-state index in [0.29, 0.717) is 6.04 Å². The monoisotopic (exact) mass is 327 g/mol. The number of imidazole rings is 1. The second kappa shape index (κ2) is 6.99. The third-order valence-corrected chi connectivity index (χ3v) is 4.62. The Hall–Kier alpha value is -0.770. The zero-order valence-electron chi connectivity index (χ0n) is 13.1. The van der Waals surface area contributed by atoms with Crippen LogP contribution in [0, 0.1) is 0 Å². The molecule has 5 heteroatoms. The summed E-state index contributed by atoms with van der Waals surface area (Å²) >= 11 is 12.7. The molecule has 2 rings (SSSR count). The first-order valence-electron chi connectivity index (χ1n) is 7.44. The molecule has 116 valence electrons. The Balaban J connectivity index is 2.34. The zero-order valence-corrected chi connectivity index (χ0v) is 14.6. The SMILES string of the molecule is CCC(C)N(C)CCn1c(C(C)Cl)nc2cccc(Cl)c21. The molecule has 0 saturated heterocycles. The fourth-order valence-corrected chi connectivity index (χ4v) is 2.92. The van der Waals surface area contributed by atoms with E-state index in [-0.39, 0.29) is 5.38 Å². The molecule has 1 heterocycles. The Morgan fingerprint density at radius 3 is 2.67 bits per heavy atom. The summed E-state index contributed by atoms with van der Waals surface area (Å²) in [4.78, 5) is 7.00. The van der Waals surface area contributed by atoms with E-state index in [1.54, 1.807) is 0 Å². The van der Waals surface area contributed by atoms with Gasteiger partial charge in [-0.05, 0) is 39.4 Å². The van der Waals surface area contributed by atoms with Crippen LogP contribution in [0.2, 0.25) is 5.02 Å². The summed E-state index contributed by atoms with van der Waals surface area (Å²) in [6.45, 7) is 8.18. The molecule has 21 heavy (non-hydrogen) atoms. The van der Waals surface area contributed by atoms with Crippen LogP contribution < -0.4 is 0 Å². The Bertz CT molecular complexity index is 607. The summed E-state index contributed by atoms with van der Waals surface area (Å²) in [5, 5.41) is 0.595. The third-order valence-electron chi connectivity index (χ3n) is 4.12. The molecule has 1 aromatic heterocycles. The van der Waals surface area contributed by atoms with Crippen LogP contribution in [0.25, 0.3) is 11.0 Å². The Labute approximate surface area is 136 Å².